The van der Waals surface area contributed by atoms with Gasteiger partial charge in [-0.1, -0.05) is 109 Å². The predicted molar refractivity (Wildman–Crippen MR) is 216 cm³/mol. The highest BCUT2D eigenvalue weighted by molar-refractivity contribution is 7.26. The summed E-state index contributed by atoms with van der Waals surface area (Å²) in [4.78, 5) is 15.9. The van der Waals surface area contributed by atoms with Gasteiger partial charge in [0.25, 0.3) is 0 Å². The van der Waals surface area contributed by atoms with E-state index in [9.17, 15) is 0 Å². The molecule has 0 radical (unpaired) electrons. The van der Waals surface area contributed by atoms with E-state index in [1.54, 1.807) is 11.3 Å². The molecule has 238 valence electrons. The molecule has 6 heteroatoms. The molecule has 0 saturated heterocycles. The van der Waals surface area contributed by atoms with E-state index in [1.165, 1.54) is 40.3 Å². The monoisotopic (exact) mass is 686 g/mol. The third-order valence-corrected chi connectivity index (χ3v) is 12.1. The van der Waals surface area contributed by atoms with Crippen molar-refractivity contribution in [3.05, 3.63) is 158 Å². The van der Waals surface area contributed by atoms with Gasteiger partial charge in [-0.15, -0.1) is 22.7 Å². The standard InChI is InChI=1S/C45H26N4S2/c1-2-12-28(13-3-1)49-35-19-7-4-15-31(35)41-33(17-10-20-36(41)49)44-46-43(27-24-25-30-29-14-5-8-21-37(29)51-40(30)26-27)47-45(48-44)34-18-11-23-39-42(34)32-16-6-9-22-38(32)50-39/h1-26H. The van der Waals surface area contributed by atoms with Crippen molar-refractivity contribution in [3.63, 3.8) is 0 Å². The summed E-state index contributed by atoms with van der Waals surface area (Å²) >= 11 is 3.61. The summed E-state index contributed by atoms with van der Waals surface area (Å²) in [7, 11) is 0. The Balaban J connectivity index is 1.21. The van der Waals surface area contributed by atoms with Gasteiger partial charge in [0.15, 0.2) is 17.5 Å². The number of hydrogen-bond donors (Lipinski definition) is 0. The summed E-state index contributed by atoms with van der Waals surface area (Å²) in [5.74, 6) is 1.99. The molecule has 7 aromatic carbocycles. The Hall–Kier alpha value is -6.21. The second kappa shape index (κ2) is 11.2. The molecule has 0 fully saturated rings. The topological polar surface area (TPSA) is 43.6 Å². The van der Waals surface area contributed by atoms with Gasteiger partial charge in [0.05, 0.1) is 11.0 Å². The van der Waals surface area contributed by atoms with Crippen LogP contribution >= 0.6 is 22.7 Å². The molecule has 0 aliphatic carbocycles. The highest BCUT2D eigenvalue weighted by Gasteiger charge is 2.21. The first-order valence-corrected chi connectivity index (χ1v) is 18.6. The molecule has 0 aliphatic heterocycles. The highest BCUT2D eigenvalue weighted by atomic mass is 32.1. The highest BCUT2D eigenvalue weighted by Crippen LogP contribution is 2.42. The molecule has 0 unspecified atom stereocenters. The van der Waals surface area contributed by atoms with Gasteiger partial charge in [-0.25, -0.2) is 15.0 Å². The SMILES string of the molecule is c1ccc(-n2c3ccccc3c3c(-c4nc(-c5ccc6c(c5)sc5ccccc56)nc(-c5cccc6sc7ccccc7c56)n4)cccc32)cc1. The Morgan fingerprint density at radius 2 is 0.941 bits per heavy atom. The van der Waals surface area contributed by atoms with Crippen LogP contribution in [0.4, 0.5) is 0 Å². The molecular weight excluding hydrogens is 661 g/mol. The van der Waals surface area contributed by atoms with Crippen LogP contribution in [0, 0.1) is 0 Å². The second-order valence-electron chi connectivity index (χ2n) is 12.8. The zero-order valence-corrected chi connectivity index (χ0v) is 28.7. The molecule has 4 nitrogen and oxygen atoms in total. The number of para-hydroxylation sites is 2. The number of aromatic nitrogens is 4. The Morgan fingerprint density at radius 1 is 0.373 bits per heavy atom. The van der Waals surface area contributed by atoms with Crippen molar-refractivity contribution < 1.29 is 0 Å². The van der Waals surface area contributed by atoms with Crippen LogP contribution in [-0.4, -0.2) is 19.5 Å². The maximum atomic E-state index is 5.35. The zero-order chi connectivity index (χ0) is 33.5. The van der Waals surface area contributed by atoms with Crippen LogP contribution in [0.5, 0.6) is 0 Å². The van der Waals surface area contributed by atoms with E-state index in [0.717, 1.165) is 44.2 Å². The van der Waals surface area contributed by atoms with Gasteiger partial charge in [-0.3, -0.25) is 0 Å². The predicted octanol–water partition coefficient (Wildman–Crippen LogP) is 12.7. The molecule has 11 rings (SSSR count). The summed E-state index contributed by atoms with van der Waals surface area (Å²) < 4.78 is 7.31. The molecule has 4 heterocycles. The van der Waals surface area contributed by atoms with Crippen LogP contribution in [0.15, 0.2) is 158 Å². The van der Waals surface area contributed by atoms with Gasteiger partial charge in [0.2, 0.25) is 0 Å². The largest absolute Gasteiger partial charge is 0.309 e. The van der Waals surface area contributed by atoms with Crippen molar-refractivity contribution in [3.8, 4) is 39.9 Å². The minimum absolute atomic E-state index is 0.657. The van der Waals surface area contributed by atoms with Crippen molar-refractivity contribution in [1.82, 2.24) is 19.5 Å². The maximum Gasteiger partial charge on any atom is 0.164 e. The minimum atomic E-state index is 0.657. The van der Waals surface area contributed by atoms with Gasteiger partial charge in [-0.2, -0.15) is 0 Å². The third kappa shape index (κ3) is 4.40. The molecule has 4 aromatic heterocycles. The van der Waals surface area contributed by atoms with Crippen LogP contribution in [0.1, 0.15) is 0 Å². The Morgan fingerprint density at radius 3 is 1.76 bits per heavy atom. The number of thiophene rings is 2. The number of nitrogens with zero attached hydrogens (tertiary/aromatic N) is 4. The summed E-state index contributed by atoms with van der Waals surface area (Å²) in [6, 6.07) is 55.9. The van der Waals surface area contributed by atoms with E-state index in [2.05, 4.69) is 162 Å². The number of rotatable bonds is 4. The summed E-state index contributed by atoms with van der Waals surface area (Å²) in [6.45, 7) is 0. The fraction of sp³-hybridized carbons (Fsp3) is 0. The summed E-state index contributed by atoms with van der Waals surface area (Å²) in [6.07, 6.45) is 0. The fourth-order valence-corrected chi connectivity index (χ4v) is 9.91. The lowest BCUT2D eigenvalue weighted by Gasteiger charge is -2.11. The molecule has 0 amide bonds. The molecule has 51 heavy (non-hydrogen) atoms. The van der Waals surface area contributed by atoms with E-state index in [0.29, 0.717) is 17.5 Å². The van der Waals surface area contributed by atoms with Crippen molar-refractivity contribution >= 4 is 84.8 Å². The van der Waals surface area contributed by atoms with Crippen LogP contribution in [0.25, 0.3) is 102 Å². The van der Waals surface area contributed by atoms with Crippen LogP contribution in [0.3, 0.4) is 0 Å². The molecule has 0 N–H and O–H groups in total. The smallest absolute Gasteiger partial charge is 0.164 e. The average molecular weight is 687 g/mol. The number of hydrogen-bond acceptors (Lipinski definition) is 5. The third-order valence-electron chi connectivity index (χ3n) is 9.87. The van der Waals surface area contributed by atoms with Gasteiger partial charge >= 0.3 is 0 Å². The Kier molecular flexibility index (Phi) is 6.26. The number of benzene rings is 7. The van der Waals surface area contributed by atoms with Crippen molar-refractivity contribution in [2.24, 2.45) is 0 Å². The van der Waals surface area contributed by atoms with Crippen LogP contribution in [0.2, 0.25) is 0 Å². The van der Waals surface area contributed by atoms with Gasteiger partial charge in [0.1, 0.15) is 0 Å². The first-order valence-electron chi connectivity index (χ1n) is 16.9. The van der Waals surface area contributed by atoms with Gasteiger partial charge in [-0.05, 0) is 48.5 Å². The van der Waals surface area contributed by atoms with Crippen LogP contribution < -0.4 is 0 Å². The van der Waals surface area contributed by atoms with Gasteiger partial charge in [0, 0.05) is 73.5 Å². The number of fused-ring (bicyclic) bond motifs is 9. The lowest BCUT2D eigenvalue weighted by molar-refractivity contribution is 1.08. The Labute approximate surface area is 300 Å². The van der Waals surface area contributed by atoms with E-state index < -0.39 is 0 Å². The van der Waals surface area contributed by atoms with E-state index >= 15 is 0 Å². The van der Waals surface area contributed by atoms with Gasteiger partial charge < -0.3 is 4.57 Å². The molecule has 0 saturated carbocycles. The van der Waals surface area contributed by atoms with Crippen LogP contribution in [-0.2, 0) is 0 Å². The Bertz CT molecular complexity index is 3150. The summed E-state index contributed by atoms with van der Waals surface area (Å²) in [5, 5.41) is 7.21. The lowest BCUT2D eigenvalue weighted by Crippen LogP contribution is -2.01. The maximum absolute atomic E-state index is 5.35. The molecule has 11 aromatic rings. The molecular formula is C45H26N4S2. The fourth-order valence-electron chi connectivity index (χ4n) is 7.63. The minimum Gasteiger partial charge on any atom is -0.309 e. The van der Waals surface area contributed by atoms with Crippen molar-refractivity contribution in [2.45, 2.75) is 0 Å². The molecule has 0 aliphatic rings. The van der Waals surface area contributed by atoms with Crippen molar-refractivity contribution in [1.29, 1.82) is 0 Å². The van der Waals surface area contributed by atoms with E-state index in [4.69, 9.17) is 15.0 Å². The zero-order valence-electron chi connectivity index (χ0n) is 27.1. The molecule has 0 spiro atoms. The first kappa shape index (κ1) is 28.6. The van der Waals surface area contributed by atoms with E-state index in [-0.39, 0.29) is 0 Å². The average Bonchev–Trinajstić information content (AvgIpc) is 3.87. The lowest BCUT2D eigenvalue weighted by atomic mass is 10.0. The van der Waals surface area contributed by atoms with E-state index in [1.807, 2.05) is 11.3 Å². The normalized spacial score (nSPS) is 11.9. The summed E-state index contributed by atoms with van der Waals surface area (Å²) in [5.41, 5.74) is 6.34. The second-order valence-corrected chi connectivity index (χ2v) is 14.9. The molecule has 0 atom stereocenters. The molecule has 0 bridgehead atoms. The van der Waals surface area contributed by atoms with Crippen molar-refractivity contribution in [2.75, 3.05) is 0 Å². The first-order chi connectivity index (χ1) is 25.3. The quantitative estimate of drug-likeness (QED) is 0.185.